The highest BCUT2D eigenvalue weighted by molar-refractivity contribution is 8.08. The normalized spacial score (nSPS) is 9.91. The minimum atomic E-state index is -3.75. The summed E-state index contributed by atoms with van der Waals surface area (Å²) in [5, 5.41) is 8.71. The van der Waals surface area contributed by atoms with Gasteiger partial charge in [0.2, 0.25) is 0 Å². The van der Waals surface area contributed by atoms with E-state index >= 15 is 0 Å². The van der Waals surface area contributed by atoms with Gasteiger partial charge in [-0.3, -0.25) is 0 Å². The Morgan fingerprint density at radius 3 is 1.00 bits per heavy atom. The fourth-order valence-corrected chi connectivity index (χ4v) is 4.38. The molecule has 9 nitrogen and oxygen atoms in total. The Kier molecular flexibility index (Phi) is 7.35. The molecule has 0 heterocycles. The quantitative estimate of drug-likeness (QED) is 0.215. The Bertz CT molecular complexity index is 1130. The Morgan fingerprint density at radius 1 is 0.500 bits per heavy atom. The first-order valence-electron chi connectivity index (χ1n) is 8.66. The highest BCUT2D eigenvalue weighted by Crippen LogP contribution is 2.54. The molecule has 0 saturated heterocycles. The molecule has 0 aliphatic heterocycles. The zero-order chi connectivity index (χ0) is 22.8. The van der Waals surface area contributed by atoms with E-state index in [4.69, 9.17) is 59.6 Å². The van der Waals surface area contributed by atoms with Gasteiger partial charge in [-0.25, -0.2) is 0 Å². The van der Waals surface area contributed by atoms with Crippen molar-refractivity contribution >= 4 is 18.5 Å². The van der Waals surface area contributed by atoms with Gasteiger partial charge in [-0.05, 0) is 51.4 Å². The van der Waals surface area contributed by atoms with Crippen LogP contribution in [0.25, 0.3) is 15.0 Å². The van der Waals surface area contributed by atoms with Crippen LogP contribution in [0.15, 0.2) is 72.8 Å². The maximum atomic E-state index is 6.95. The fourth-order valence-electron chi connectivity index (χ4n) is 2.37. The minimum absolute atomic E-state index is 0.0963. The van der Waals surface area contributed by atoms with Gasteiger partial charge >= 0.3 is 6.72 Å². The summed E-state index contributed by atoms with van der Waals surface area (Å²) in [5.74, 6) is 0.581. The van der Waals surface area contributed by atoms with Crippen LogP contribution in [-0.2, 0) is 11.8 Å². The Hall–Kier alpha value is -4.42. The lowest BCUT2D eigenvalue weighted by atomic mass is 10.3. The third-order valence-electron chi connectivity index (χ3n) is 3.61. The summed E-state index contributed by atoms with van der Waals surface area (Å²) in [7, 11) is 0. The summed E-state index contributed by atoms with van der Waals surface area (Å²) >= 11 is 5.62. The van der Waals surface area contributed by atoms with E-state index in [0.29, 0.717) is 0 Å². The molecule has 0 saturated carbocycles. The molecule has 3 aromatic carbocycles. The number of hydrogen-bond acceptors (Lipinski definition) is 7. The summed E-state index contributed by atoms with van der Waals surface area (Å²) in [5.41, 5.74) is 0. The first-order chi connectivity index (χ1) is 15.6. The van der Waals surface area contributed by atoms with Crippen molar-refractivity contribution in [1.29, 1.82) is 0 Å². The molecule has 11 heteroatoms. The van der Waals surface area contributed by atoms with Gasteiger partial charge in [0.1, 0.15) is 0 Å². The van der Waals surface area contributed by atoms with Gasteiger partial charge in [0.15, 0.2) is 17.2 Å². The highest BCUT2D eigenvalue weighted by atomic mass is 32.5. The monoisotopic (exact) mass is 465 g/mol. The van der Waals surface area contributed by atoms with Crippen molar-refractivity contribution in [3.8, 4) is 34.5 Å². The van der Waals surface area contributed by atoms with Crippen molar-refractivity contribution in [3.05, 3.63) is 108 Å². The van der Waals surface area contributed by atoms with E-state index in [2.05, 4.69) is 15.0 Å². The van der Waals surface area contributed by atoms with Crippen LogP contribution in [0.2, 0.25) is 0 Å². The number of nitrogens with zero attached hydrogens (tertiary/aromatic N) is 3. The molecule has 0 aliphatic carbocycles. The predicted molar refractivity (Wildman–Crippen MR) is 117 cm³/mol. The Balaban J connectivity index is 2.04. The average Bonchev–Trinajstić information content (AvgIpc) is 2.78. The molecule has 0 aromatic heterocycles. The van der Waals surface area contributed by atoms with E-state index in [0.717, 1.165) is 0 Å². The van der Waals surface area contributed by atoms with Crippen LogP contribution in [-0.4, -0.2) is 0 Å². The van der Waals surface area contributed by atoms with Crippen LogP contribution in [0, 0.1) is 19.7 Å². The number of rotatable bonds is 9. The summed E-state index contributed by atoms with van der Waals surface area (Å²) in [6, 6.07) is 19.0. The molecular weight excluding hydrogens is 453 g/mol. The predicted octanol–water partition coefficient (Wildman–Crippen LogP) is 6.09. The molecular formula is C21H12N3O6PS. The molecule has 0 unspecified atom stereocenters. The fraction of sp³-hybridized carbons (Fsp3) is 0. The van der Waals surface area contributed by atoms with Crippen molar-refractivity contribution in [2.45, 2.75) is 0 Å². The summed E-state index contributed by atoms with van der Waals surface area (Å²) < 4.78 is 17.7. The van der Waals surface area contributed by atoms with Crippen LogP contribution in [0.3, 0.4) is 0 Å². The van der Waals surface area contributed by atoms with Crippen molar-refractivity contribution in [1.82, 2.24) is 0 Å². The van der Waals surface area contributed by atoms with E-state index in [1.54, 1.807) is 36.4 Å². The largest absolute Gasteiger partial charge is 0.490 e. The van der Waals surface area contributed by atoms with Gasteiger partial charge < -0.3 is 13.6 Å². The highest BCUT2D eigenvalue weighted by Gasteiger charge is 2.32. The number of para-hydroxylation sites is 6. The molecule has 0 aliphatic rings. The average molecular weight is 465 g/mol. The second-order valence-corrected chi connectivity index (χ2v) is 8.39. The zero-order valence-electron chi connectivity index (χ0n) is 16.1. The standard InChI is InChI=1S/C21H12N3O6PS/c1-22-25-16-10-4-7-13-19(16)28-31(32,29-20-14-8-5-11-17(20)26-23-2)30-21-15-9-6-12-18(21)27-24-3/h4-15H. The molecule has 0 bridgehead atoms. The van der Waals surface area contributed by atoms with E-state index < -0.39 is 6.72 Å². The molecule has 32 heavy (non-hydrogen) atoms. The molecule has 0 radical (unpaired) electrons. The van der Waals surface area contributed by atoms with Crippen LogP contribution in [0.5, 0.6) is 34.5 Å². The molecule has 3 rings (SSSR count). The number of hydrogen-bond donors (Lipinski definition) is 0. The van der Waals surface area contributed by atoms with Crippen molar-refractivity contribution in [2.75, 3.05) is 0 Å². The molecule has 0 fully saturated rings. The first kappa shape index (κ1) is 22.3. The van der Waals surface area contributed by atoms with Crippen molar-refractivity contribution < 1.29 is 28.1 Å². The number of benzene rings is 3. The minimum Gasteiger partial charge on any atom is -0.403 e. The van der Waals surface area contributed by atoms with Crippen LogP contribution in [0.4, 0.5) is 0 Å². The third kappa shape index (κ3) is 5.59. The van der Waals surface area contributed by atoms with Gasteiger partial charge in [-0.15, -0.1) is 0 Å². The Labute approximate surface area is 188 Å². The van der Waals surface area contributed by atoms with E-state index in [1.807, 2.05) is 0 Å². The summed E-state index contributed by atoms with van der Waals surface area (Å²) in [6.45, 7) is 17.1. The molecule has 0 N–H and O–H groups in total. The first-order valence-corrected chi connectivity index (χ1v) is 11.2. The van der Waals surface area contributed by atoms with Gasteiger partial charge in [0.25, 0.3) is 17.2 Å². The lowest BCUT2D eigenvalue weighted by Gasteiger charge is -2.23. The van der Waals surface area contributed by atoms with E-state index in [-0.39, 0.29) is 34.5 Å². The Morgan fingerprint density at radius 2 is 0.750 bits per heavy atom. The molecule has 0 atom stereocenters. The third-order valence-corrected chi connectivity index (χ3v) is 5.54. The maximum absolute atomic E-state index is 6.95. The van der Waals surface area contributed by atoms with Crippen LogP contribution < -0.4 is 28.1 Å². The summed E-state index contributed by atoms with van der Waals surface area (Å²) in [6.07, 6.45) is 0. The smallest absolute Gasteiger partial charge is 0.403 e. The lowest BCUT2D eigenvalue weighted by molar-refractivity contribution is 0.351. The van der Waals surface area contributed by atoms with Crippen LogP contribution in [0.1, 0.15) is 0 Å². The van der Waals surface area contributed by atoms with Crippen LogP contribution >= 0.6 is 6.72 Å². The van der Waals surface area contributed by atoms with Gasteiger partial charge in [0.05, 0.1) is 0 Å². The zero-order valence-corrected chi connectivity index (χ0v) is 17.8. The maximum Gasteiger partial charge on any atom is 0.490 e. The molecule has 158 valence electrons. The topological polar surface area (TPSA) is 68.5 Å². The SMILES string of the molecule is [C-]#[N+]Oc1ccccc1OP(=S)(Oc1ccccc1O[N+]#[C-])Oc1ccccc1O[N+]#[C-]. The van der Waals surface area contributed by atoms with Gasteiger partial charge in [0, 0.05) is 11.8 Å². The molecule has 0 spiro atoms. The van der Waals surface area contributed by atoms with E-state index in [1.165, 1.54) is 36.4 Å². The second kappa shape index (κ2) is 10.6. The second-order valence-electron chi connectivity index (χ2n) is 5.61. The van der Waals surface area contributed by atoms with E-state index in [9.17, 15) is 0 Å². The molecule has 0 amide bonds. The lowest BCUT2D eigenvalue weighted by Crippen LogP contribution is -2.08. The molecule has 3 aromatic rings. The van der Waals surface area contributed by atoms with Gasteiger partial charge in [-0.1, -0.05) is 36.4 Å². The summed E-state index contributed by atoms with van der Waals surface area (Å²) in [4.78, 5) is 14.7. The van der Waals surface area contributed by atoms with Crippen molar-refractivity contribution in [3.63, 3.8) is 0 Å². The van der Waals surface area contributed by atoms with Gasteiger partial charge in [-0.2, -0.15) is 34.2 Å². The van der Waals surface area contributed by atoms with Crippen molar-refractivity contribution in [2.24, 2.45) is 0 Å².